The minimum absolute atomic E-state index is 0.0446. The van der Waals surface area contributed by atoms with Crippen molar-refractivity contribution in [2.75, 3.05) is 0 Å². The van der Waals surface area contributed by atoms with Crippen LogP contribution in [0.25, 0.3) is 0 Å². The summed E-state index contributed by atoms with van der Waals surface area (Å²) in [5, 5.41) is 9.66. The Hall–Kier alpha value is -0.300. The monoisotopic (exact) mass is 324 g/mol. The Morgan fingerprint density at radius 2 is 1.04 bits per heavy atom. The lowest BCUT2D eigenvalue weighted by Gasteiger charge is -2.08. The van der Waals surface area contributed by atoms with E-state index in [1.807, 2.05) is 0 Å². The molecule has 0 radical (unpaired) electrons. The molecule has 1 nitrogen and oxygen atoms in total. The van der Waals surface area contributed by atoms with Crippen molar-refractivity contribution in [2.45, 2.75) is 129 Å². The molecule has 0 aliphatic carbocycles. The fourth-order valence-electron chi connectivity index (χ4n) is 3.11. The molecular weight excluding hydrogens is 280 g/mol. The third-order valence-corrected chi connectivity index (χ3v) is 4.67. The predicted molar refractivity (Wildman–Crippen MR) is 105 cm³/mol. The third kappa shape index (κ3) is 19.7. The van der Waals surface area contributed by atoms with Crippen molar-refractivity contribution in [2.24, 2.45) is 0 Å². The molecule has 0 heterocycles. The van der Waals surface area contributed by atoms with Crippen molar-refractivity contribution in [1.82, 2.24) is 0 Å². The van der Waals surface area contributed by atoms with E-state index in [0.29, 0.717) is 0 Å². The third-order valence-electron chi connectivity index (χ3n) is 4.67. The standard InChI is InChI=1S/C22H44O/c1-3-5-6-7-8-9-10-11-12-13-14-15-16-17-18-19-21-22(23)20-4-2/h11-12,22-23H,3-10,13-21H2,1-2H3. The molecule has 0 saturated heterocycles. The van der Waals surface area contributed by atoms with E-state index in [2.05, 4.69) is 26.0 Å². The predicted octanol–water partition coefficient (Wildman–Crippen LogP) is 7.58. The van der Waals surface area contributed by atoms with Gasteiger partial charge in [0.15, 0.2) is 0 Å². The lowest BCUT2D eigenvalue weighted by Crippen LogP contribution is -2.04. The average Bonchev–Trinajstić information content (AvgIpc) is 2.54. The second-order valence-electron chi connectivity index (χ2n) is 7.17. The highest BCUT2D eigenvalue weighted by Gasteiger charge is 2.01. The fraction of sp³-hybridized carbons (Fsp3) is 0.909. The zero-order valence-electron chi connectivity index (χ0n) is 16.2. The highest BCUT2D eigenvalue weighted by molar-refractivity contribution is 4.81. The van der Waals surface area contributed by atoms with Gasteiger partial charge in [0.1, 0.15) is 0 Å². The van der Waals surface area contributed by atoms with E-state index in [1.54, 1.807) is 0 Å². The zero-order chi connectivity index (χ0) is 17.0. The molecule has 1 unspecified atom stereocenters. The van der Waals surface area contributed by atoms with Gasteiger partial charge >= 0.3 is 0 Å². The van der Waals surface area contributed by atoms with Crippen LogP contribution in [0.4, 0.5) is 0 Å². The van der Waals surface area contributed by atoms with Crippen LogP contribution in [0, 0.1) is 0 Å². The molecule has 0 aromatic rings. The number of unbranched alkanes of at least 4 members (excludes halogenated alkanes) is 12. The van der Waals surface area contributed by atoms with Crippen LogP contribution < -0.4 is 0 Å². The number of hydrogen-bond acceptors (Lipinski definition) is 1. The highest BCUT2D eigenvalue weighted by atomic mass is 16.3. The van der Waals surface area contributed by atoms with E-state index in [1.165, 1.54) is 89.9 Å². The summed E-state index contributed by atoms with van der Waals surface area (Å²) < 4.78 is 0. The maximum Gasteiger partial charge on any atom is 0.0540 e. The Balaban J connectivity index is 3.10. The number of aliphatic hydroxyl groups is 1. The van der Waals surface area contributed by atoms with E-state index < -0.39 is 0 Å². The molecule has 23 heavy (non-hydrogen) atoms. The van der Waals surface area contributed by atoms with Gasteiger partial charge in [-0.25, -0.2) is 0 Å². The van der Waals surface area contributed by atoms with Gasteiger partial charge in [0.2, 0.25) is 0 Å². The van der Waals surface area contributed by atoms with Crippen molar-refractivity contribution in [1.29, 1.82) is 0 Å². The molecule has 0 aliphatic heterocycles. The molecule has 0 aliphatic rings. The van der Waals surface area contributed by atoms with Gasteiger partial charge in [0, 0.05) is 0 Å². The molecule has 0 saturated carbocycles. The largest absolute Gasteiger partial charge is 0.393 e. The smallest absolute Gasteiger partial charge is 0.0540 e. The molecule has 0 aromatic heterocycles. The summed E-state index contributed by atoms with van der Waals surface area (Å²) in [7, 11) is 0. The first kappa shape index (κ1) is 22.7. The van der Waals surface area contributed by atoms with E-state index >= 15 is 0 Å². The van der Waals surface area contributed by atoms with Gasteiger partial charge in [-0.05, 0) is 38.5 Å². The van der Waals surface area contributed by atoms with Crippen molar-refractivity contribution in [3.8, 4) is 0 Å². The summed E-state index contributed by atoms with van der Waals surface area (Å²) in [5.74, 6) is 0. The number of hydrogen-bond donors (Lipinski definition) is 1. The summed E-state index contributed by atoms with van der Waals surface area (Å²) in [6.45, 7) is 4.42. The maximum atomic E-state index is 9.66. The molecule has 1 heteroatoms. The summed E-state index contributed by atoms with van der Waals surface area (Å²) in [6.07, 6.45) is 26.8. The molecule has 138 valence electrons. The van der Waals surface area contributed by atoms with E-state index in [0.717, 1.165) is 19.3 Å². The highest BCUT2D eigenvalue weighted by Crippen LogP contribution is 2.12. The van der Waals surface area contributed by atoms with Crippen LogP contribution in [0.15, 0.2) is 12.2 Å². The van der Waals surface area contributed by atoms with Crippen molar-refractivity contribution in [3.63, 3.8) is 0 Å². The molecule has 1 atom stereocenters. The van der Waals surface area contributed by atoms with Crippen LogP contribution >= 0.6 is 0 Å². The van der Waals surface area contributed by atoms with Gasteiger partial charge in [-0.3, -0.25) is 0 Å². The van der Waals surface area contributed by atoms with E-state index in [9.17, 15) is 5.11 Å². The Morgan fingerprint density at radius 1 is 0.565 bits per heavy atom. The van der Waals surface area contributed by atoms with Crippen molar-refractivity contribution < 1.29 is 5.11 Å². The fourth-order valence-corrected chi connectivity index (χ4v) is 3.11. The summed E-state index contributed by atoms with van der Waals surface area (Å²) in [5.41, 5.74) is 0. The zero-order valence-corrected chi connectivity index (χ0v) is 16.2. The minimum Gasteiger partial charge on any atom is -0.393 e. The SMILES string of the molecule is CCCCCCCCC=CCCCCCCCCC(O)CCC. The van der Waals surface area contributed by atoms with Gasteiger partial charge in [0.25, 0.3) is 0 Å². The molecule has 0 amide bonds. The normalized spacial score (nSPS) is 13.0. The Kier molecular flexibility index (Phi) is 19.5. The quantitative estimate of drug-likeness (QED) is 0.203. The summed E-state index contributed by atoms with van der Waals surface area (Å²) >= 11 is 0. The molecule has 0 rings (SSSR count). The number of aliphatic hydroxyl groups excluding tert-OH is 1. The molecule has 0 bridgehead atoms. The first-order valence-electron chi connectivity index (χ1n) is 10.6. The lowest BCUT2D eigenvalue weighted by molar-refractivity contribution is 0.150. The van der Waals surface area contributed by atoms with Crippen LogP contribution in [-0.2, 0) is 0 Å². The van der Waals surface area contributed by atoms with Crippen molar-refractivity contribution in [3.05, 3.63) is 12.2 Å². The molecule has 0 fully saturated rings. The molecule has 0 spiro atoms. The topological polar surface area (TPSA) is 20.2 Å². The first-order valence-corrected chi connectivity index (χ1v) is 10.6. The minimum atomic E-state index is -0.0446. The van der Waals surface area contributed by atoms with Gasteiger partial charge in [-0.2, -0.15) is 0 Å². The second-order valence-corrected chi connectivity index (χ2v) is 7.17. The van der Waals surface area contributed by atoms with Gasteiger partial charge in [-0.15, -0.1) is 0 Å². The van der Waals surface area contributed by atoms with Crippen LogP contribution in [0.5, 0.6) is 0 Å². The van der Waals surface area contributed by atoms with Gasteiger partial charge < -0.3 is 5.11 Å². The average molecular weight is 325 g/mol. The number of rotatable bonds is 18. The molecule has 0 aromatic carbocycles. The van der Waals surface area contributed by atoms with E-state index in [4.69, 9.17) is 0 Å². The van der Waals surface area contributed by atoms with Crippen LogP contribution in [0.2, 0.25) is 0 Å². The van der Waals surface area contributed by atoms with Gasteiger partial charge in [-0.1, -0.05) is 96.6 Å². The van der Waals surface area contributed by atoms with Crippen LogP contribution in [0.3, 0.4) is 0 Å². The number of allylic oxidation sites excluding steroid dienone is 2. The summed E-state index contributed by atoms with van der Waals surface area (Å²) in [6, 6.07) is 0. The first-order chi connectivity index (χ1) is 11.3. The van der Waals surface area contributed by atoms with Crippen LogP contribution in [-0.4, -0.2) is 11.2 Å². The Bertz CT molecular complexity index is 234. The van der Waals surface area contributed by atoms with E-state index in [-0.39, 0.29) is 6.10 Å². The van der Waals surface area contributed by atoms with Gasteiger partial charge in [0.05, 0.1) is 6.10 Å². The maximum absolute atomic E-state index is 9.66. The van der Waals surface area contributed by atoms with Crippen molar-refractivity contribution >= 4 is 0 Å². The second kappa shape index (κ2) is 19.7. The molecular formula is C22H44O. The Morgan fingerprint density at radius 3 is 1.57 bits per heavy atom. The van der Waals surface area contributed by atoms with Crippen LogP contribution in [0.1, 0.15) is 123 Å². The summed E-state index contributed by atoms with van der Waals surface area (Å²) in [4.78, 5) is 0. The Labute approximate surface area is 147 Å². The lowest BCUT2D eigenvalue weighted by atomic mass is 10.0. The molecule has 1 N–H and O–H groups in total.